The van der Waals surface area contributed by atoms with Gasteiger partial charge in [-0.15, -0.1) is 0 Å². The molecule has 6 heterocycles. The maximum atomic E-state index is 14.7. The molecule has 20 N–H and O–H groups in total. The van der Waals surface area contributed by atoms with Crippen molar-refractivity contribution in [2.75, 3.05) is 39.6 Å². The van der Waals surface area contributed by atoms with Gasteiger partial charge in [-0.2, -0.15) is 0 Å². The Hall–Kier alpha value is -2.03. The number of rotatable bonds is 18. The molecule has 4 saturated carbocycles. The first kappa shape index (κ1) is 69.8. The number of esters is 1. The number of carbonyl (C=O) groups is 1. The van der Waals surface area contributed by atoms with Crippen LogP contribution in [0.5, 0.6) is 0 Å². The van der Waals surface area contributed by atoms with E-state index in [2.05, 4.69) is 13.5 Å². The monoisotopic (exact) mass is 1290 g/mol. The molecule has 0 aromatic heterocycles. The van der Waals surface area contributed by atoms with Crippen LogP contribution in [0.3, 0.4) is 0 Å². The number of hydrogen-bond donors (Lipinski definition) is 20. The van der Waals surface area contributed by atoms with E-state index >= 15 is 0 Å². The number of aliphatic hydroxyl groups excluding tert-OH is 20. The SMILES string of the molecule is C=C1C[C@@]23CC[C@H]4[C@@](C)(CCC[C@@]4(C)C(=O)O[C@@H]4O[C@H](CO)[C@@H](O[C@H]5O[C@H](CO)[C@@H](O[C@H]6O[C@H](CO)[C@@H](O[C@H]7O[C@H](CO)[C@@H](O[C@H]8O[C@H](CO)[C@@H](O)[C@H](O)[C@H]8O)[C@H](O)[C@H]7O)[C@H](O)[C@H]6O)[C@H](O)[C@H]5O)[C@H](O)[C@H]4O)[C@@H]2CC[C@]1(O[C@@H]1O[C@H](CO)[C@@H](O)[C@H](O)[C@H]1O)C3. The zero-order valence-electron chi connectivity index (χ0n) is 49.0. The van der Waals surface area contributed by atoms with E-state index in [1.54, 1.807) is 6.92 Å². The third-order valence-electron chi connectivity index (χ3n) is 21.3. The fourth-order valence-electron chi connectivity index (χ4n) is 16.5. The van der Waals surface area contributed by atoms with E-state index in [0.29, 0.717) is 51.4 Å². The lowest BCUT2D eigenvalue weighted by molar-refractivity contribution is -0.393. The van der Waals surface area contributed by atoms with Gasteiger partial charge in [0.15, 0.2) is 31.5 Å². The van der Waals surface area contributed by atoms with Crippen molar-refractivity contribution < 1.29 is 164 Å². The maximum Gasteiger partial charge on any atom is 0.314 e. The van der Waals surface area contributed by atoms with Crippen LogP contribution in [-0.4, -0.2) is 338 Å². The largest absolute Gasteiger partial charge is 0.432 e. The van der Waals surface area contributed by atoms with Gasteiger partial charge in [0.2, 0.25) is 6.29 Å². The molecule has 10 rings (SSSR count). The highest BCUT2D eigenvalue weighted by Crippen LogP contribution is 2.74. The van der Waals surface area contributed by atoms with Crippen LogP contribution in [0.4, 0.5) is 0 Å². The minimum absolute atomic E-state index is 0.0660. The summed E-state index contributed by atoms with van der Waals surface area (Å²) in [5.74, 6) is -0.907. The minimum Gasteiger partial charge on any atom is -0.432 e. The fraction of sp³-hybridized carbons (Fsp3) is 0.946. The predicted octanol–water partition coefficient (Wildman–Crippen LogP) is -9.47. The Morgan fingerprint density at radius 2 is 0.775 bits per heavy atom. The summed E-state index contributed by atoms with van der Waals surface area (Å²) in [5, 5.41) is 215. The van der Waals surface area contributed by atoms with E-state index in [0.717, 1.165) is 12.0 Å². The molecular formula is C56H90O33. The first-order valence-corrected chi connectivity index (χ1v) is 30.4. The van der Waals surface area contributed by atoms with Crippen LogP contribution in [0.1, 0.15) is 71.6 Å². The van der Waals surface area contributed by atoms with E-state index in [1.807, 2.05) is 0 Å². The second-order valence-electron chi connectivity index (χ2n) is 26.4. The second-order valence-corrected chi connectivity index (χ2v) is 26.4. The zero-order valence-corrected chi connectivity index (χ0v) is 49.0. The van der Waals surface area contributed by atoms with Gasteiger partial charge in [0.25, 0.3) is 0 Å². The van der Waals surface area contributed by atoms with E-state index < -0.39 is 246 Å². The second kappa shape index (κ2) is 27.2. The highest BCUT2D eigenvalue weighted by atomic mass is 16.8. The van der Waals surface area contributed by atoms with Gasteiger partial charge in [-0.25, -0.2) is 0 Å². The summed E-state index contributed by atoms with van der Waals surface area (Å²) in [4.78, 5) is 14.7. The molecule has 89 heavy (non-hydrogen) atoms. The third-order valence-corrected chi connectivity index (χ3v) is 21.3. The smallest absolute Gasteiger partial charge is 0.314 e. The Kier molecular flexibility index (Phi) is 21.4. The van der Waals surface area contributed by atoms with E-state index in [9.17, 15) is 107 Å². The quantitative estimate of drug-likeness (QED) is 0.0344. The van der Waals surface area contributed by atoms with Crippen LogP contribution in [-0.2, 0) is 61.6 Å². The van der Waals surface area contributed by atoms with Crippen molar-refractivity contribution in [1.82, 2.24) is 0 Å². The summed E-state index contributed by atoms with van der Waals surface area (Å²) in [5.41, 5.74) is -2.02. The first-order chi connectivity index (χ1) is 42.1. The van der Waals surface area contributed by atoms with E-state index in [-0.39, 0.29) is 17.3 Å². The van der Waals surface area contributed by atoms with E-state index in [1.165, 1.54) is 0 Å². The summed E-state index contributed by atoms with van der Waals surface area (Å²) in [6, 6.07) is 0. The van der Waals surface area contributed by atoms with Crippen LogP contribution in [0.2, 0.25) is 0 Å². The van der Waals surface area contributed by atoms with Crippen molar-refractivity contribution >= 4 is 5.97 Å². The van der Waals surface area contributed by atoms with Crippen LogP contribution in [0.15, 0.2) is 12.2 Å². The molecule has 0 amide bonds. The molecule has 10 aliphatic rings. The molecule has 0 aromatic carbocycles. The van der Waals surface area contributed by atoms with Crippen LogP contribution in [0, 0.1) is 28.1 Å². The molecule has 33 heteroatoms. The number of aliphatic hydroxyl groups is 20. The topological polar surface area (TPSA) is 532 Å². The number of ether oxygens (including phenoxy) is 12. The molecule has 0 aromatic rings. The lowest BCUT2D eigenvalue weighted by atomic mass is 9.41. The van der Waals surface area contributed by atoms with Gasteiger partial charge in [0.05, 0.1) is 50.7 Å². The van der Waals surface area contributed by atoms with Crippen molar-refractivity contribution in [2.45, 2.75) is 261 Å². The lowest BCUT2D eigenvalue weighted by Gasteiger charge is -2.64. The Morgan fingerprint density at radius 1 is 0.427 bits per heavy atom. The van der Waals surface area contributed by atoms with Gasteiger partial charge >= 0.3 is 5.97 Å². The highest BCUT2D eigenvalue weighted by molar-refractivity contribution is 5.77. The normalized spacial score (nSPS) is 54.5. The van der Waals surface area contributed by atoms with Gasteiger partial charge in [-0.1, -0.05) is 19.9 Å². The molecule has 33 nitrogen and oxygen atoms in total. The minimum atomic E-state index is -2.18. The van der Waals surface area contributed by atoms with Gasteiger partial charge in [-0.3, -0.25) is 4.79 Å². The molecular weight excluding hydrogens is 1200 g/mol. The molecule has 4 aliphatic carbocycles. The number of fused-ring (bicyclic) bond motifs is 3. The summed E-state index contributed by atoms with van der Waals surface area (Å²) >= 11 is 0. The van der Waals surface area contributed by atoms with Gasteiger partial charge in [-0.05, 0) is 86.5 Å². The average Bonchev–Trinajstić information content (AvgIpc) is 1.63. The van der Waals surface area contributed by atoms with Crippen LogP contribution in [0.25, 0.3) is 0 Å². The maximum absolute atomic E-state index is 14.7. The van der Waals surface area contributed by atoms with Crippen molar-refractivity contribution in [3.05, 3.63) is 12.2 Å². The lowest BCUT2D eigenvalue weighted by Crippen LogP contribution is -2.68. The number of hydrogen-bond acceptors (Lipinski definition) is 33. The summed E-state index contributed by atoms with van der Waals surface area (Å²) in [6.07, 6.45) is -49.4. The molecule has 1 spiro atoms. The van der Waals surface area contributed by atoms with Crippen LogP contribution >= 0.6 is 0 Å². The predicted molar refractivity (Wildman–Crippen MR) is 284 cm³/mol. The average molecular weight is 1290 g/mol. The van der Waals surface area contributed by atoms with Gasteiger partial charge in [0, 0.05) is 0 Å². The van der Waals surface area contributed by atoms with Crippen molar-refractivity contribution in [2.24, 2.45) is 28.1 Å². The Bertz CT molecular complexity index is 2390. The highest BCUT2D eigenvalue weighted by Gasteiger charge is 2.70. The molecule has 0 radical (unpaired) electrons. The summed E-state index contributed by atoms with van der Waals surface area (Å²) in [7, 11) is 0. The molecule has 2 bridgehead atoms. The summed E-state index contributed by atoms with van der Waals surface area (Å²) < 4.78 is 69.5. The molecule has 0 unspecified atom stereocenters. The Balaban J connectivity index is 0.741. The zero-order chi connectivity index (χ0) is 64.7. The van der Waals surface area contributed by atoms with Crippen molar-refractivity contribution in [1.29, 1.82) is 0 Å². The van der Waals surface area contributed by atoms with Gasteiger partial charge in [0.1, 0.15) is 146 Å². The van der Waals surface area contributed by atoms with Crippen LogP contribution < -0.4 is 0 Å². The fourth-order valence-corrected chi connectivity index (χ4v) is 16.5. The molecule has 6 saturated heterocycles. The Morgan fingerprint density at radius 3 is 1.19 bits per heavy atom. The third kappa shape index (κ3) is 12.3. The molecule has 10 fully saturated rings. The molecule has 512 valence electrons. The van der Waals surface area contributed by atoms with Crippen molar-refractivity contribution in [3.63, 3.8) is 0 Å². The van der Waals surface area contributed by atoms with Crippen molar-refractivity contribution in [3.8, 4) is 0 Å². The van der Waals surface area contributed by atoms with Gasteiger partial charge < -0.3 is 159 Å². The van der Waals surface area contributed by atoms with E-state index in [4.69, 9.17) is 56.8 Å². The standard InChI is InChI=1S/C56H90O33/c1-19-11-55-9-5-26-53(2,27(55)6-10-56(19,18-55)89-51-37(72)31(66)29(64)21(13-58)79-51)7-4-8-54(26,3)52(77)88-50-41(76)35(70)45(25(17-62)83-50)87-49-40(75)34(69)44(24(16-61)82-49)86-48-39(74)33(68)43(23(15-60)81-48)85-47-38(73)32(67)42(22(14-59)80-47)84-46-36(71)30(65)28(63)20(12-57)78-46/h20-51,57-76H,1,4-18H2,2-3H3/t20-,21-,22-,23-,24-,25-,26+,27+,28-,29-,30+,31+,32-,33-,34-,35-,36-,37-,38-,39-,40-,41-,42-,43-,44-,45-,46-,47-,48-,49-,50+,51+,53-,54-,55-,56+/m1/s1. The first-order valence-electron chi connectivity index (χ1n) is 30.4. The molecule has 36 atom stereocenters. The molecule has 6 aliphatic heterocycles. The summed E-state index contributed by atoms with van der Waals surface area (Å²) in [6.45, 7) is 3.04. The number of carbonyl (C=O) groups excluding carboxylic acids is 1. The Labute approximate surface area is 509 Å².